The second kappa shape index (κ2) is 76.5. The summed E-state index contributed by atoms with van der Waals surface area (Å²) in [6, 6.07) is 0. The maximum Gasteiger partial charge on any atom is 0.320 e. The van der Waals surface area contributed by atoms with Crippen molar-refractivity contribution in [1.82, 2.24) is 109 Å². The zero-order valence-electron chi connectivity index (χ0n) is 71.0. The van der Waals surface area contributed by atoms with Gasteiger partial charge in [0.25, 0.3) is 0 Å². The van der Waals surface area contributed by atoms with Crippen LogP contribution in [-0.4, -0.2) is 405 Å². The van der Waals surface area contributed by atoms with Crippen LogP contribution < -0.4 is 74.4 Å². The molecule has 0 aliphatic carbocycles. The number of nitrogens with zero attached hydrogens (tertiary/aromatic N) is 7. The fraction of sp³-hybridized carbons (Fsp3) is 0.803. The van der Waals surface area contributed by atoms with Gasteiger partial charge in [-0.1, -0.05) is 0 Å². The number of alkyl halides is 8. The van der Waals surface area contributed by atoms with Gasteiger partial charge in [0.15, 0.2) is 0 Å². The number of halogens is 8. The Kier molecular flexibility index (Phi) is 72.8. The fourth-order valence-electron chi connectivity index (χ4n) is 11.8. The van der Waals surface area contributed by atoms with Gasteiger partial charge in [-0.25, -0.2) is 0 Å². The summed E-state index contributed by atoms with van der Waals surface area (Å²) in [5, 5.41) is 39.6. The minimum atomic E-state index is -0.779. The first-order valence-corrected chi connectivity index (χ1v) is 45.8. The molecule has 0 rings (SSSR count). The Balaban J connectivity index is 6.45. The molecule has 0 bridgehead atoms. The largest absolute Gasteiger partial charge is 0.459 e. The second-order valence-corrected chi connectivity index (χ2v) is 31.6. The third-order valence-electron chi connectivity index (χ3n) is 17.6. The summed E-state index contributed by atoms with van der Waals surface area (Å²) in [6.45, 7) is 15.6. The average molecular weight is 1880 g/mol. The number of rotatable bonds is 78. The summed E-state index contributed by atoms with van der Waals surface area (Å²) in [7, 11) is 0. The van der Waals surface area contributed by atoms with E-state index in [4.69, 9.17) is 97.5 Å². The van der Waals surface area contributed by atoms with Crippen molar-refractivity contribution in [3.63, 3.8) is 0 Å². The van der Waals surface area contributed by atoms with Crippen LogP contribution in [-0.2, 0) is 76.7 Å². The van der Waals surface area contributed by atoms with Crippen LogP contribution in [0.15, 0.2) is 0 Å². The van der Waals surface area contributed by atoms with E-state index in [1.54, 1.807) is 20.8 Å². The number of hydrogen-bond donors (Lipinski definition) is 14. The van der Waals surface area contributed by atoms with Crippen LogP contribution in [0.25, 0.3) is 0 Å². The Labute approximate surface area is 754 Å². The molecular weight excluding hydrogens is 1750 g/mol. The highest BCUT2D eigenvalue weighted by Gasteiger charge is 2.23. The van der Waals surface area contributed by atoms with Gasteiger partial charge >= 0.3 is 5.97 Å². The molecule has 0 spiro atoms. The van der Waals surface area contributed by atoms with E-state index in [-0.39, 0.29) is 215 Å². The number of hydrogen-bond acceptors (Lipinski definition) is 23. The Bertz CT molecular complexity index is 2550. The van der Waals surface area contributed by atoms with Gasteiger partial charge in [0, 0.05) is 183 Å². The lowest BCUT2D eigenvalue weighted by Gasteiger charge is -2.26. The molecule has 0 aromatic rings. The number of carbonyl (C=O) groups is 15. The molecule has 0 atom stereocenters. The third-order valence-corrected chi connectivity index (χ3v) is 19.5. The second-order valence-electron chi connectivity index (χ2n) is 29.4. The van der Waals surface area contributed by atoms with Crippen molar-refractivity contribution < 1.29 is 76.7 Å². The molecule has 698 valence electrons. The standard InChI is InChI=1S/C76H137Cl8N21O16/c1-76(2,3)121-75(120)60-105(44-16-30-97-73(118)58-103(40-12-26-93-69(114)54-99(32-4-18-85-61(106)46-77)33-5-19-86-62(107)47-78)41-13-27-94-70(115)55-100(34-6-20-87-63(108)48-79)35-7-21-88-64(109)49-80)45-17-31-98-74(119)59-104(42-14-28-95-71(116)56-101(36-8-22-89-65(110)50-81)37-9-23-90-66(111)51-82)43-15-29-96-72(117)57-102(38-10-24-91-67(112)52-83)39-11-25-92-68(113)53-84/h4-60H2,1-3H3,(H,85,106)(H,86,107)(H,87,108)(H,88,109)(H,89,110)(H,90,111)(H,91,112)(H,92,113)(H,93,114)(H,94,115)(H,95,116)(H,96,117)(H,97,118)(H,98,119). The van der Waals surface area contributed by atoms with Crippen LogP contribution in [0, 0.1) is 0 Å². The Morgan fingerprint density at radius 2 is 0.298 bits per heavy atom. The van der Waals surface area contributed by atoms with E-state index in [9.17, 15) is 71.9 Å². The van der Waals surface area contributed by atoms with Crippen molar-refractivity contribution in [3.05, 3.63) is 0 Å². The van der Waals surface area contributed by atoms with E-state index in [1.807, 2.05) is 34.3 Å². The van der Waals surface area contributed by atoms with E-state index in [0.717, 1.165) is 0 Å². The molecule has 0 fully saturated rings. The summed E-state index contributed by atoms with van der Waals surface area (Å²) >= 11 is 45.1. The van der Waals surface area contributed by atoms with Gasteiger partial charge in [0.2, 0.25) is 82.7 Å². The maximum atomic E-state index is 13.8. The molecule has 0 aliphatic rings. The van der Waals surface area contributed by atoms with Crippen LogP contribution >= 0.6 is 92.8 Å². The van der Waals surface area contributed by atoms with Crippen molar-refractivity contribution in [1.29, 1.82) is 0 Å². The lowest BCUT2D eigenvalue weighted by molar-refractivity contribution is -0.156. The fourth-order valence-corrected chi connectivity index (χ4v) is 12.6. The quantitative estimate of drug-likeness (QED) is 0.0186. The first-order valence-electron chi connectivity index (χ1n) is 41.5. The molecule has 0 saturated heterocycles. The molecule has 45 heteroatoms. The lowest BCUT2D eigenvalue weighted by Crippen LogP contribution is -2.43. The smallest absolute Gasteiger partial charge is 0.320 e. The van der Waals surface area contributed by atoms with Crippen molar-refractivity contribution >= 4 is 181 Å². The maximum absolute atomic E-state index is 13.8. The molecule has 14 amide bonds. The number of esters is 1. The summed E-state index contributed by atoms with van der Waals surface area (Å²) in [6.07, 6.45) is 6.94. The normalized spacial score (nSPS) is 11.4. The summed E-state index contributed by atoms with van der Waals surface area (Å²) in [4.78, 5) is 202. The van der Waals surface area contributed by atoms with E-state index in [2.05, 4.69) is 74.4 Å². The highest BCUT2D eigenvalue weighted by Crippen LogP contribution is 2.09. The Morgan fingerprint density at radius 1 is 0.190 bits per heavy atom. The molecular formula is C76H137Cl8N21O16. The SMILES string of the molecule is CC(C)(C)OC(=O)CN(CCCNC(=O)CN(CCCNC(=O)CN(CCCNC(=O)CCl)CCCNC(=O)CCl)CCCNC(=O)CN(CCCNC(=O)CCl)CCCNC(=O)CCl)CCCNC(=O)CN(CCCNC(=O)CN(CCCNC(=O)CCl)CCCNC(=O)CCl)CCCNC(=O)CN(CCCNC(=O)CCl)CCCNC(=O)CCl. The molecule has 0 aliphatic heterocycles. The summed E-state index contributed by atoms with van der Waals surface area (Å²) in [5.41, 5.74) is -0.779. The molecule has 0 radical (unpaired) electrons. The molecule has 0 aromatic carbocycles. The highest BCUT2D eigenvalue weighted by atomic mass is 35.5. The predicted molar refractivity (Wildman–Crippen MR) is 473 cm³/mol. The summed E-state index contributed by atoms with van der Waals surface area (Å²) in [5.74, 6) is -6.00. The van der Waals surface area contributed by atoms with Gasteiger partial charge in [-0.15, -0.1) is 92.8 Å². The zero-order chi connectivity index (χ0) is 90.1. The van der Waals surface area contributed by atoms with Gasteiger partial charge in [0.1, 0.15) is 52.6 Å². The molecule has 14 N–H and O–H groups in total. The van der Waals surface area contributed by atoms with Crippen molar-refractivity contribution in [3.8, 4) is 0 Å². The van der Waals surface area contributed by atoms with E-state index < -0.39 is 11.6 Å². The van der Waals surface area contributed by atoms with Gasteiger partial charge in [-0.05, 0) is 111 Å². The molecule has 0 unspecified atom stereocenters. The number of amides is 14. The molecule has 0 heterocycles. The number of carbonyl (C=O) groups excluding carboxylic acids is 15. The Morgan fingerprint density at radius 3 is 0.405 bits per heavy atom. The average Bonchev–Trinajstić information content (AvgIpc) is 0.929. The van der Waals surface area contributed by atoms with E-state index in [1.165, 1.54) is 0 Å². The van der Waals surface area contributed by atoms with Crippen LogP contribution in [0.2, 0.25) is 0 Å². The van der Waals surface area contributed by atoms with Gasteiger partial charge in [0.05, 0.1) is 45.8 Å². The van der Waals surface area contributed by atoms with Crippen LogP contribution in [0.4, 0.5) is 0 Å². The minimum absolute atomic E-state index is 0.0290. The van der Waals surface area contributed by atoms with Crippen LogP contribution in [0.5, 0.6) is 0 Å². The van der Waals surface area contributed by atoms with Gasteiger partial charge in [-0.3, -0.25) is 106 Å². The van der Waals surface area contributed by atoms with Gasteiger partial charge < -0.3 is 79.2 Å². The molecule has 121 heavy (non-hydrogen) atoms. The Hall–Kier alpha value is -5.91. The summed E-state index contributed by atoms with van der Waals surface area (Å²) < 4.78 is 5.70. The third kappa shape index (κ3) is 72.0. The molecule has 0 aromatic heterocycles. The zero-order valence-corrected chi connectivity index (χ0v) is 77.0. The van der Waals surface area contributed by atoms with E-state index in [0.29, 0.717) is 234 Å². The predicted octanol–water partition coefficient (Wildman–Crippen LogP) is -1.56. The highest BCUT2D eigenvalue weighted by molar-refractivity contribution is 6.29. The van der Waals surface area contributed by atoms with E-state index >= 15 is 0 Å². The van der Waals surface area contributed by atoms with Crippen LogP contribution in [0.1, 0.15) is 111 Å². The van der Waals surface area contributed by atoms with Crippen molar-refractivity contribution in [2.24, 2.45) is 0 Å². The van der Waals surface area contributed by atoms with Crippen molar-refractivity contribution in [2.75, 3.05) is 276 Å². The van der Waals surface area contributed by atoms with Crippen LogP contribution in [0.3, 0.4) is 0 Å². The first kappa shape index (κ1) is 115. The monoisotopic (exact) mass is 1880 g/mol. The first-order chi connectivity index (χ1) is 58.0. The number of nitrogens with one attached hydrogen (secondary N) is 14. The van der Waals surface area contributed by atoms with Gasteiger partial charge in [-0.2, -0.15) is 0 Å². The number of ether oxygens (including phenoxy) is 1. The molecule has 0 saturated carbocycles. The van der Waals surface area contributed by atoms with Crippen molar-refractivity contribution in [2.45, 2.75) is 116 Å². The minimum Gasteiger partial charge on any atom is -0.459 e. The topological polar surface area (TPSA) is 456 Å². The lowest BCUT2D eigenvalue weighted by atomic mass is 10.2. The molecule has 37 nitrogen and oxygen atoms in total.